The number of ether oxygens (including phenoxy) is 3. The number of hydrogen-bond donors (Lipinski definition) is 2. The first kappa shape index (κ1) is 36.9. The van der Waals surface area contributed by atoms with Gasteiger partial charge in [-0.3, -0.25) is 9.59 Å². The second-order valence-electron chi connectivity index (χ2n) is 18.3. The van der Waals surface area contributed by atoms with Crippen LogP contribution in [0.2, 0.25) is 0 Å². The molecule has 2 N–H and O–H groups in total. The molecule has 6 aliphatic rings. The molecule has 6 unspecified atom stereocenters. The van der Waals surface area contributed by atoms with Crippen LogP contribution >= 0.6 is 0 Å². The third-order valence-corrected chi connectivity index (χ3v) is 14.2. The molecule has 9 atom stereocenters. The Morgan fingerprint density at radius 1 is 0.792 bits per heavy atom. The molecule has 2 heterocycles. The molecule has 0 spiro atoms. The van der Waals surface area contributed by atoms with Crippen LogP contribution in [0, 0.1) is 33.5 Å². The number of alkyl carbamates (subject to hydrolysis) is 1. The van der Waals surface area contributed by atoms with Gasteiger partial charge in [-0.05, 0) is 121 Å². The van der Waals surface area contributed by atoms with Gasteiger partial charge in [0.15, 0.2) is 0 Å². The van der Waals surface area contributed by atoms with E-state index in [1.54, 1.807) is 32.6 Å². The number of nitrogens with zero attached hydrogens (tertiary/aromatic N) is 1. The number of carbonyl (C=O) groups is 4. The SMILES string of the molecule is CC1(C)C2CCC1(C)C(OC(=O)[C@@H]1CCCN1)C2.C[C@H](NC(=O)OC(C)(C)C)C(=O)N1CCC[C@H]1C(=O)OC1CC2CCC1(C)C2(C)C. The topological polar surface area (TPSA) is 123 Å². The Bertz CT molecular complexity index is 1250. The van der Waals surface area contributed by atoms with Crippen molar-refractivity contribution in [1.82, 2.24) is 15.5 Å². The Hall–Kier alpha value is -2.36. The van der Waals surface area contributed by atoms with Crippen LogP contribution in [-0.2, 0) is 28.6 Å². The number of esters is 2. The van der Waals surface area contributed by atoms with E-state index < -0.39 is 23.8 Å². The summed E-state index contributed by atoms with van der Waals surface area (Å²) in [6.45, 7) is 22.2. The van der Waals surface area contributed by atoms with Crippen LogP contribution in [-0.4, -0.2) is 77.9 Å². The third-order valence-electron chi connectivity index (χ3n) is 14.2. The van der Waals surface area contributed by atoms with E-state index in [2.05, 4.69) is 52.2 Å². The van der Waals surface area contributed by atoms with E-state index >= 15 is 0 Å². The van der Waals surface area contributed by atoms with Crippen molar-refractivity contribution in [3.8, 4) is 0 Å². The Morgan fingerprint density at radius 2 is 1.33 bits per heavy atom. The molecule has 2 amide bonds. The Balaban J connectivity index is 0.000000212. The number of carbonyl (C=O) groups excluding carboxylic acids is 4. The van der Waals surface area contributed by atoms with Crippen molar-refractivity contribution >= 4 is 23.9 Å². The van der Waals surface area contributed by atoms with Gasteiger partial charge >= 0.3 is 18.0 Å². The Kier molecular flexibility index (Phi) is 10.1. The second kappa shape index (κ2) is 13.1. The van der Waals surface area contributed by atoms with E-state index in [0.29, 0.717) is 24.3 Å². The molecular formula is C38H63N3O7. The highest BCUT2D eigenvalue weighted by Crippen LogP contribution is 2.67. The number of fused-ring (bicyclic) bond motifs is 4. The van der Waals surface area contributed by atoms with Crippen molar-refractivity contribution in [2.45, 2.75) is 169 Å². The quantitative estimate of drug-likeness (QED) is 0.255. The number of hydrogen-bond acceptors (Lipinski definition) is 8. The summed E-state index contributed by atoms with van der Waals surface area (Å²) in [6.07, 6.45) is 9.56. The summed E-state index contributed by atoms with van der Waals surface area (Å²) in [4.78, 5) is 51.7. The first-order chi connectivity index (χ1) is 22.2. The van der Waals surface area contributed by atoms with Crippen LogP contribution in [0.25, 0.3) is 0 Å². The fourth-order valence-electron chi connectivity index (χ4n) is 10.0. The van der Waals surface area contributed by atoms with Gasteiger partial charge in [0.2, 0.25) is 5.91 Å². The molecule has 10 nitrogen and oxygen atoms in total. The van der Waals surface area contributed by atoms with Gasteiger partial charge in [-0.15, -0.1) is 0 Å². The van der Waals surface area contributed by atoms with Gasteiger partial charge in [0.25, 0.3) is 0 Å². The van der Waals surface area contributed by atoms with E-state index in [0.717, 1.165) is 51.0 Å². The molecule has 2 saturated heterocycles. The molecule has 6 rings (SSSR count). The number of likely N-dealkylation sites (tertiary alicyclic amines) is 1. The molecular weight excluding hydrogens is 610 g/mol. The van der Waals surface area contributed by atoms with Crippen LogP contribution in [0.5, 0.6) is 0 Å². The normalized spacial score (nSPS) is 37.8. The number of rotatable bonds is 6. The van der Waals surface area contributed by atoms with Crippen LogP contribution in [0.3, 0.4) is 0 Å². The average molecular weight is 674 g/mol. The molecule has 10 heteroatoms. The Morgan fingerprint density at radius 3 is 1.77 bits per heavy atom. The van der Waals surface area contributed by atoms with E-state index in [1.165, 1.54) is 19.3 Å². The first-order valence-electron chi connectivity index (χ1n) is 18.7. The summed E-state index contributed by atoms with van der Waals surface area (Å²) in [6, 6.07) is -1.39. The van der Waals surface area contributed by atoms with Crippen molar-refractivity contribution in [2.75, 3.05) is 13.1 Å². The summed E-state index contributed by atoms with van der Waals surface area (Å²) in [5, 5.41) is 5.81. The highest BCUT2D eigenvalue weighted by Gasteiger charge is 2.64. The van der Waals surface area contributed by atoms with E-state index in [-0.39, 0.29) is 52.3 Å². The predicted molar refractivity (Wildman–Crippen MR) is 183 cm³/mol. The molecule has 0 radical (unpaired) electrons. The predicted octanol–water partition coefficient (Wildman–Crippen LogP) is 6.15. The van der Waals surface area contributed by atoms with E-state index in [1.807, 2.05) is 0 Å². The van der Waals surface area contributed by atoms with Gasteiger partial charge in [-0.25, -0.2) is 9.59 Å². The minimum atomic E-state index is -0.771. The van der Waals surface area contributed by atoms with Crippen molar-refractivity contribution in [3.05, 3.63) is 0 Å². The second-order valence-corrected chi connectivity index (χ2v) is 18.3. The zero-order valence-electron chi connectivity index (χ0n) is 31.3. The lowest BCUT2D eigenvalue weighted by Gasteiger charge is -2.39. The first-order valence-corrected chi connectivity index (χ1v) is 18.7. The van der Waals surface area contributed by atoms with Crippen molar-refractivity contribution in [1.29, 1.82) is 0 Å². The highest BCUT2D eigenvalue weighted by molar-refractivity contribution is 5.90. The minimum absolute atomic E-state index is 0.00761. The fourth-order valence-corrected chi connectivity index (χ4v) is 10.0. The van der Waals surface area contributed by atoms with Gasteiger partial charge in [0.05, 0.1) is 0 Å². The minimum Gasteiger partial charge on any atom is -0.461 e. The molecule has 4 aliphatic carbocycles. The van der Waals surface area contributed by atoms with Crippen molar-refractivity contribution in [3.63, 3.8) is 0 Å². The smallest absolute Gasteiger partial charge is 0.408 e. The lowest BCUT2D eigenvalue weighted by Crippen LogP contribution is -2.52. The molecule has 6 fully saturated rings. The molecule has 272 valence electrons. The van der Waals surface area contributed by atoms with Crippen LogP contribution in [0.4, 0.5) is 4.79 Å². The summed E-state index contributed by atoms with van der Waals surface area (Å²) >= 11 is 0. The zero-order valence-corrected chi connectivity index (χ0v) is 31.3. The van der Waals surface area contributed by atoms with Crippen LogP contribution in [0.1, 0.15) is 133 Å². The molecule has 48 heavy (non-hydrogen) atoms. The van der Waals surface area contributed by atoms with Gasteiger partial charge < -0.3 is 29.7 Å². The molecule has 0 aromatic carbocycles. The monoisotopic (exact) mass is 673 g/mol. The maximum atomic E-state index is 13.1. The van der Waals surface area contributed by atoms with Crippen molar-refractivity contribution in [2.24, 2.45) is 33.5 Å². The lowest BCUT2D eigenvalue weighted by molar-refractivity contribution is -0.165. The maximum Gasteiger partial charge on any atom is 0.408 e. The summed E-state index contributed by atoms with van der Waals surface area (Å²) < 4.78 is 17.1. The molecule has 4 saturated carbocycles. The number of amides is 2. The summed E-state index contributed by atoms with van der Waals surface area (Å²) in [7, 11) is 0. The molecule has 0 aromatic heterocycles. The van der Waals surface area contributed by atoms with E-state index in [4.69, 9.17) is 14.2 Å². The summed E-state index contributed by atoms with van der Waals surface area (Å²) in [5.74, 6) is 0.721. The van der Waals surface area contributed by atoms with Gasteiger partial charge in [-0.2, -0.15) is 0 Å². The van der Waals surface area contributed by atoms with Crippen LogP contribution < -0.4 is 10.6 Å². The summed E-state index contributed by atoms with van der Waals surface area (Å²) in [5.41, 5.74) is 0.0195. The third kappa shape index (κ3) is 6.60. The fraction of sp³-hybridized carbons (Fsp3) is 0.895. The van der Waals surface area contributed by atoms with E-state index in [9.17, 15) is 19.2 Å². The molecule has 4 bridgehead atoms. The van der Waals surface area contributed by atoms with Crippen molar-refractivity contribution < 1.29 is 33.4 Å². The molecule has 0 aromatic rings. The van der Waals surface area contributed by atoms with Gasteiger partial charge in [0.1, 0.15) is 35.9 Å². The molecule has 2 aliphatic heterocycles. The maximum absolute atomic E-state index is 13.1. The Labute approximate surface area is 288 Å². The number of nitrogens with one attached hydrogen (secondary N) is 2. The average Bonchev–Trinajstić information content (AvgIpc) is 3.81. The zero-order chi connectivity index (χ0) is 35.4. The van der Waals surface area contributed by atoms with Gasteiger partial charge in [-0.1, -0.05) is 41.5 Å². The lowest BCUT2D eigenvalue weighted by atomic mass is 9.70. The highest BCUT2D eigenvalue weighted by atomic mass is 16.6. The van der Waals surface area contributed by atoms with Crippen LogP contribution in [0.15, 0.2) is 0 Å². The van der Waals surface area contributed by atoms with Gasteiger partial charge in [0, 0.05) is 17.4 Å². The largest absolute Gasteiger partial charge is 0.461 e. The standard InChI is InChI=1S/C23H38N2O5.C15H25NO2/c1-14(24-20(28)30-21(2,3)4)18(26)25-12-8-9-16(25)19(27)29-17-13-15-10-11-23(17,7)22(15,5)6;1-14(2)10-6-7-15(14,3)12(9-10)18-13(17)11-5-4-8-16-11/h14-17H,8-13H2,1-7H3,(H,24,28);10-12,16H,4-9H2,1-3H3/t14-,15?,16-,17?,23?;10?,11-,12?,15?/m00/s1.